The monoisotopic (exact) mass is 212 g/mol. The van der Waals surface area contributed by atoms with Crippen molar-refractivity contribution in [3.05, 3.63) is 40.4 Å². The third-order valence-electron chi connectivity index (χ3n) is 2.01. The molecule has 0 fully saturated rings. The maximum absolute atomic E-state index is 10.9. The van der Waals surface area contributed by atoms with Gasteiger partial charge in [-0.3, -0.25) is 4.79 Å². The molecule has 0 saturated carbocycles. The highest BCUT2D eigenvalue weighted by atomic mass is 35.5. The van der Waals surface area contributed by atoms with Crippen molar-refractivity contribution in [2.75, 3.05) is 0 Å². The lowest BCUT2D eigenvalue weighted by Crippen LogP contribution is -2.09. The first kappa shape index (κ1) is 10.5. The first-order valence-corrected chi connectivity index (χ1v) is 3.87. The lowest BCUT2D eigenvalue weighted by atomic mass is 10.1. The van der Waals surface area contributed by atoms with Gasteiger partial charge in [-0.05, 0) is 19.1 Å². The number of halogens is 1. The van der Waals surface area contributed by atoms with Crippen LogP contribution in [0.5, 0.6) is 0 Å². The molecule has 74 valence electrons. The maximum Gasteiger partial charge on any atom is 0.270 e. The van der Waals surface area contributed by atoms with E-state index in [1.807, 2.05) is 0 Å². The molecule has 2 heterocycles. The van der Waals surface area contributed by atoms with Gasteiger partial charge in [0.05, 0.1) is 11.4 Å². The summed E-state index contributed by atoms with van der Waals surface area (Å²) in [5, 5.41) is 9.30. The van der Waals surface area contributed by atoms with E-state index >= 15 is 0 Å². The largest absolute Gasteiger partial charge is 0.429 e. The molecule has 2 aliphatic rings. The normalized spacial score (nSPS) is 9.79. The Balaban J connectivity index is 0.000000980. The summed E-state index contributed by atoms with van der Waals surface area (Å²) in [6, 6.07) is 4.64. The average molecular weight is 213 g/mol. The van der Waals surface area contributed by atoms with Crippen molar-refractivity contribution in [2.45, 2.75) is 6.92 Å². The van der Waals surface area contributed by atoms with E-state index in [0.717, 1.165) is 10.3 Å². The van der Waals surface area contributed by atoms with Crippen LogP contribution in [0.3, 0.4) is 0 Å². The summed E-state index contributed by atoms with van der Waals surface area (Å²) in [7, 11) is 0. The second kappa shape index (κ2) is 3.67. The van der Waals surface area contributed by atoms with Crippen LogP contribution in [-0.4, -0.2) is 14.9 Å². The lowest BCUT2D eigenvalue weighted by Gasteiger charge is -2.09. The Morgan fingerprint density at radius 1 is 1.36 bits per heavy atom. The van der Waals surface area contributed by atoms with Gasteiger partial charge in [-0.15, -0.1) is 12.4 Å². The fraction of sp³-hybridized carbons (Fsp3) is 0.111. The highest BCUT2D eigenvalue weighted by Crippen LogP contribution is 2.19. The topological polar surface area (TPSA) is 55.1 Å². The van der Waals surface area contributed by atoms with Gasteiger partial charge >= 0.3 is 0 Å². The smallest absolute Gasteiger partial charge is 0.270 e. The van der Waals surface area contributed by atoms with Crippen molar-refractivity contribution in [3.8, 4) is 11.3 Å². The Morgan fingerprint density at radius 2 is 2.07 bits per heavy atom. The minimum absolute atomic E-state index is 0. The van der Waals surface area contributed by atoms with Gasteiger partial charge < -0.3 is 5.21 Å². The van der Waals surface area contributed by atoms with Crippen LogP contribution in [-0.2, 0) is 0 Å². The third-order valence-corrected chi connectivity index (χ3v) is 2.01. The van der Waals surface area contributed by atoms with Crippen molar-refractivity contribution in [2.24, 2.45) is 0 Å². The molecular formula is C9H9ClN2O2. The Labute approximate surface area is 86.5 Å². The Morgan fingerprint density at radius 3 is 2.79 bits per heavy atom. The summed E-state index contributed by atoms with van der Waals surface area (Å²) >= 11 is 0. The second-order valence-corrected chi connectivity index (χ2v) is 2.83. The van der Waals surface area contributed by atoms with Crippen LogP contribution in [0, 0.1) is 6.92 Å². The number of nitrogens with zero attached hydrogens (tertiary/aromatic N) is 2. The first-order valence-electron chi connectivity index (χ1n) is 3.87. The summed E-state index contributed by atoms with van der Waals surface area (Å²) in [5.41, 5.74) is 1.80. The maximum atomic E-state index is 10.9. The quantitative estimate of drug-likeness (QED) is 0.670. The van der Waals surface area contributed by atoms with E-state index in [1.165, 1.54) is 12.3 Å². The molecule has 0 unspecified atom stereocenters. The van der Waals surface area contributed by atoms with Crippen molar-refractivity contribution in [1.29, 1.82) is 0 Å². The fourth-order valence-electron chi connectivity index (χ4n) is 1.27. The van der Waals surface area contributed by atoms with E-state index in [-0.39, 0.29) is 18.0 Å². The highest BCUT2D eigenvalue weighted by Gasteiger charge is 2.08. The Bertz CT molecular complexity index is 481. The van der Waals surface area contributed by atoms with E-state index in [9.17, 15) is 10.0 Å². The molecule has 2 rings (SSSR count). The van der Waals surface area contributed by atoms with Crippen molar-refractivity contribution in [1.82, 2.24) is 9.71 Å². The van der Waals surface area contributed by atoms with Crippen LogP contribution >= 0.6 is 12.4 Å². The van der Waals surface area contributed by atoms with Gasteiger partial charge in [0.1, 0.15) is 0 Å². The molecule has 0 bridgehead atoms. The Hall–Kier alpha value is -1.55. The van der Waals surface area contributed by atoms with Gasteiger partial charge in [-0.2, -0.15) is 4.73 Å². The van der Waals surface area contributed by atoms with E-state index in [1.54, 1.807) is 19.1 Å². The molecule has 0 aromatic carbocycles. The summed E-state index contributed by atoms with van der Waals surface area (Å²) in [4.78, 5) is 14.7. The van der Waals surface area contributed by atoms with Crippen molar-refractivity contribution in [3.63, 3.8) is 0 Å². The van der Waals surface area contributed by atoms with Crippen LogP contribution in [0.1, 0.15) is 5.69 Å². The van der Waals surface area contributed by atoms with E-state index in [4.69, 9.17) is 0 Å². The highest BCUT2D eigenvalue weighted by molar-refractivity contribution is 5.85. The van der Waals surface area contributed by atoms with E-state index in [0.29, 0.717) is 11.4 Å². The predicted octanol–water partition coefficient (Wildman–Crippen LogP) is 1.32. The molecule has 5 heteroatoms. The molecule has 0 amide bonds. The number of rotatable bonds is 0. The zero-order valence-corrected chi connectivity index (χ0v) is 8.28. The summed E-state index contributed by atoms with van der Waals surface area (Å²) in [5.74, 6) is 0. The minimum Gasteiger partial charge on any atom is -0.429 e. The molecule has 0 spiro atoms. The van der Waals surface area contributed by atoms with E-state index in [2.05, 4.69) is 4.98 Å². The van der Waals surface area contributed by atoms with Gasteiger partial charge in [0.2, 0.25) is 0 Å². The second-order valence-electron chi connectivity index (χ2n) is 2.83. The zero-order valence-electron chi connectivity index (χ0n) is 7.47. The van der Waals surface area contributed by atoms with Gasteiger partial charge in [0.25, 0.3) is 5.56 Å². The molecule has 0 atom stereocenters. The van der Waals surface area contributed by atoms with Gasteiger partial charge in [-0.1, -0.05) is 0 Å². The average Bonchev–Trinajstić information content (AvgIpc) is 2.12. The minimum atomic E-state index is -0.261. The Kier molecular flexibility index (Phi) is 2.76. The van der Waals surface area contributed by atoms with Crippen molar-refractivity contribution >= 4 is 12.4 Å². The SMILES string of the molecule is Cc1c2ccc(=O)nc-2ccn1O.Cl. The molecule has 14 heavy (non-hydrogen) atoms. The number of aromatic nitrogens is 2. The summed E-state index contributed by atoms with van der Waals surface area (Å²) in [6.45, 7) is 1.76. The van der Waals surface area contributed by atoms with Crippen LogP contribution in [0.25, 0.3) is 11.3 Å². The van der Waals surface area contributed by atoms with Crippen LogP contribution in [0.4, 0.5) is 0 Å². The number of hydrogen-bond donors (Lipinski definition) is 1. The van der Waals surface area contributed by atoms with Crippen molar-refractivity contribution < 1.29 is 5.21 Å². The van der Waals surface area contributed by atoms with Crippen LogP contribution in [0.2, 0.25) is 0 Å². The molecule has 0 saturated heterocycles. The zero-order chi connectivity index (χ0) is 9.42. The number of fused-ring (bicyclic) bond motifs is 1. The molecule has 1 N–H and O–H groups in total. The van der Waals surface area contributed by atoms with E-state index < -0.39 is 0 Å². The van der Waals surface area contributed by atoms with Gasteiger partial charge in [0, 0.05) is 17.8 Å². The fourth-order valence-corrected chi connectivity index (χ4v) is 1.27. The third kappa shape index (κ3) is 1.56. The lowest BCUT2D eigenvalue weighted by molar-refractivity contribution is 0.178. The molecular weight excluding hydrogens is 204 g/mol. The summed E-state index contributed by atoms with van der Waals surface area (Å²) < 4.78 is 1.01. The number of hydrogen-bond acceptors (Lipinski definition) is 3. The van der Waals surface area contributed by atoms with Crippen LogP contribution < -0.4 is 5.56 Å². The van der Waals surface area contributed by atoms with Crippen LogP contribution in [0.15, 0.2) is 29.2 Å². The predicted molar refractivity (Wildman–Crippen MR) is 54.3 cm³/mol. The molecule has 2 aliphatic heterocycles. The molecule has 0 aromatic rings. The summed E-state index contributed by atoms with van der Waals surface area (Å²) in [6.07, 6.45) is 1.46. The standard InChI is InChI=1S/C9H8N2O2.ClH/c1-6-7-2-3-9(12)10-8(7)4-5-11(6)13;/h2-5,13H,1H3;1H. The molecule has 4 nitrogen and oxygen atoms in total. The van der Waals surface area contributed by atoms with Gasteiger partial charge in [-0.25, -0.2) is 4.98 Å². The van der Waals surface area contributed by atoms with Gasteiger partial charge in [0.15, 0.2) is 0 Å². The molecule has 0 aromatic heterocycles. The first-order chi connectivity index (χ1) is 6.18. The molecule has 0 aliphatic carbocycles. The molecule has 0 radical (unpaired) electrons. The number of pyridine rings is 2.